The van der Waals surface area contributed by atoms with Crippen molar-refractivity contribution >= 4 is 16.9 Å². The highest BCUT2D eigenvalue weighted by molar-refractivity contribution is 6.04. The van der Waals surface area contributed by atoms with Crippen molar-refractivity contribution < 1.29 is 18.0 Å². The molecule has 146 valence electrons. The number of halogens is 3. The van der Waals surface area contributed by atoms with Crippen molar-refractivity contribution in [3.63, 3.8) is 0 Å². The van der Waals surface area contributed by atoms with E-state index in [0.717, 1.165) is 48.5 Å². The van der Waals surface area contributed by atoms with Gasteiger partial charge in [0.05, 0.1) is 16.6 Å². The number of imidazole rings is 1. The summed E-state index contributed by atoms with van der Waals surface area (Å²) in [6.07, 6.45) is -3.44. The third kappa shape index (κ3) is 3.60. The van der Waals surface area contributed by atoms with Gasteiger partial charge in [0.25, 0.3) is 5.91 Å². The first-order valence-corrected chi connectivity index (χ1v) is 8.98. The molecular formula is C20H19F3N4O. The Labute approximate surface area is 159 Å². The summed E-state index contributed by atoms with van der Waals surface area (Å²) in [6.45, 7) is 2.15. The van der Waals surface area contributed by atoms with Crippen LogP contribution in [0.1, 0.15) is 39.6 Å². The van der Waals surface area contributed by atoms with Crippen LogP contribution in [-0.2, 0) is 12.7 Å². The van der Waals surface area contributed by atoms with Gasteiger partial charge in [0.2, 0.25) is 0 Å². The molecule has 1 amide bonds. The second-order valence-corrected chi connectivity index (χ2v) is 7.10. The number of likely N-dealkylation sites (tertiary alicyclic amines) is 1. The van der Waals surface area contributed by atoms with Gasteiger partial charge < -0.3 is 10.7 Å². The topological polar surface area (TPSA) is 75.0 Å². The fourth-order valence-corrected chi connectivity index (χ4v) is 3.70. The number of aromatic nitrogens is 2. The van der Waals surface area contributed by atoms with Crippen LogP contribution < -0.4 is 5.73 Å². The molecule has 0 radical (unpaired) electrons. The van der Waals surface area contributed by atoms with Crippen LogP contribution in [0.5, 0.6) is 0 Å². The highest BCUT2D eigenvalue weighted by atomic mass is 19.4. The molecule has 1 fully saturated rings. The second-order valence-electron chi connectivity index (χ2n) is 7.10. The van der Waals surface area contributed by atoms with E-state index in [1.807, 2.05) is 6.07 Å². The molecule has 0 saturated carbocycles. The molecular weight excluding hydrogens is 369 g/mol. The summed E-state index contributed by atoms with van der Waals surface area (Å²) in [5.74, 6) is 0.459. The van der Waals surface area contributed by atoms with Gasteiger partial charge in [0, 0.05) is 19.0 Å². The van der Waals surface area contributed by atoms with Crippen LogP contribution in [0, 0.1) is 0 Å². The Morgan fingerprint density at radius 3 is 2.64 bits per heavy atom. The van der Waals surface area contributed by atoms with Crippen LogP contribution in [0.4, 0.5) is 13.2 Å². The SMILES string of the molecule is NC(=O)c1cccc2[nH]c([C@H]3CCN(Cc4ccc(C(F)(F)F)cc4)C3)nc12. The molecule has 8 heteroatoms. The van der Waals surface area contributed by atoms with Gasteiger partial charge >= 0.3 is 6.18 Å². The third-order valence-electron chi connectivity index (χ3n) is 5.14. The maximum absolute atomic E-state index is 12.7. The standard InChI is InChI=1S/C20H19F3N4O/c21-20(22,23)14-6-4-12(5-7-14)10-27-9-8-13(11-27)19-25-16-3-1-2-15(18(24)28)17(16)26-19/h1-7,13H,8-11H2,(H2,24,28)(H,25,26)/t13-/m0/s1. The van der Waals surface area contributed by atoms with Gasteiger partial charge in [0.1, 0.15) is 11.3 Å². The lowest BCUT2D eigenvalue weighted by atomic mass is 10.1. The van der Waals surface area contributed by atoms with Crippen molar-refractivity contribution in [3.8, 4) is 0 Å². The van der Waals surface area contributed by atoms with E-state index in [1.54, 1.807) is 12.1 Å². The molecule has 0 unspecified atom stereocenters. The lowest BCUT2D eigenvalue weighted by Crippen LogP contribution is -2.20. The molecule has 1 atom stereocenters. The van der Waals surface area contributed by atoms with Crippen molar-refractivity contribution in [2.24, 2.45) is 5.73 Å². The number of H-pyrrole nitrogens is 1. The number of nitrogens with zero attached hydrogens (tertiary/aromatic N) is 2. The number of amides is 1. The zero-order valence-corrected chi connectivity index (χ0v) is 15.0. The first-order valence-electron chi connectivity index (χ1n) is 8.98. The Hall–Kier alpha value is -2.87. The van der Waals surface area contributed by atoms with E-state index in [0.29, 0.717) is 17.6 Å². The van der Waals surface area contributed by atoms with Gasteiger partial charge in [-0.05, 0) is 42.8 Å². The molecule has 2 aromatic carbocycles. The molecule has 1 aliphatic rings. The summed E-state index contributed by atoms with van der Waals surface area (Å²) in [7, 11) is 0. The van der Waals surface area contributed by atoms with Gasteiger partial charge in [-0.3, -0.25) is 9.69 Å². The van der Waals surface area contributed by atoms with Crippen molar-refractivity contribution in [3.05, 3.63) is 65.0 Å². The number of fused-ring (bicyclic) bond motifs is 1. The van der Waals surface area contributed by atoms with Crippen LogP contribution in [0.25, 0.3) is 11.0 Å². The summed E-state index contributed by atoms with van der Waals surface area (Å²) in [4.78, 5) is 21.6. The highest BCUT2D eigenvalue weighted by Gasteiger charge is 2.30. The summed E-state index contributed by atoms with van der Waals surface area (Å²) < 4.78 is 38.0. The number of nitrogens with two attached hydrogens (primary N) is 1. The first-order chi connectivity index (χ1) is 13.3. The monoisotopic (exact) mass is 388 g/mol. The Balaban J connectivity index is 1.46. The molecule has 3 aromatic rings. The van der Waals surface area contributed by atoms with E-state index in [1.165, 1.54) is 12.1 Å². The van der Waals surface area contributed by atoms with Gasteiger partial charge in [-0.1, -0.05) is 18.2 Å². The second kappa shape index (κ2) is 6.94. The highest BCUT2D eigenvalue weighted by Crippen LogP contribution is 2.31. The van der Waals surface area contributed by atoms with Crippen LogP contribution >= 0.6 is 0 Å². The lowest BCUT2D eigenvalue weighted by molar-refractivity contribution is -0.137. The van der Waals surface area contributed by atoms with Crippen molar-refractivity contribution in [1.82, 2.24) is 14.9 Å². The number of primary amides is 1. The molecule has 4 rings (SSSR count). The number of para-hydroxylation sites is 1. The summed E-state index contributed by atoms with van der Waals surface area (Å²) in [5.41, 5.74) is 7.36. The fourth-order valence-electron chi connectivity index (χ4n) is 3.70. The van der Waals surface area contributed by atoms with Gasteiger partial charge in [-0.15, -0.1) is 0 Å². The van der Waals surface area contributed by atoms with Gasteiger partial charge in [-0.2, -0.15) is 13.2 Å². The van der Waals surface area contributed by atoms with Crippen molar-refractivity contribution in [2.75, 3.05) is 13.1 Å². The van der Waals surface area contributed by atoms with E-state index in [2.05, 4.69) is 14.9 Å². The van der Waals surface area contributed by atoms with E-state index in [4.69, 9.17) is 5.73 Å². The number of hydrogen-bond acceptors (Lipinski definition) is 3. The average molecular weight is 388 g/mol. The Morgan fingerprint density at radius 2 is 1.96 bits per heavy atom. The molecule has 0 aliphatic carbocycles. The van der Waals surface area contributed by atoms with Crippen LogP contribution in [0.3, 0.4) is 0 Å². The van der Waals surface area contributed by atoms with Crippen molar-refractivity contribution in [2.45, 2.75) is 25.1 Å². The lowest BCUT2D eigenvalue weighted by Gasteiger charge is -2.16. The quantitative estimate of drug-likeness (QED) is 0.716. The molecule has 0 spiro atoms. The zero-order valence-electron chi connectivity index (χ0n) is 15.0. The van der Waals surface area contributed by atoms with Crippen LogP contribution in [-0.4, -0.2) is 33.9 Å². The molecule has 28 heavy (non-hydrogen) atoms. The number of carbonyl (C=O) groups is 1. The van der Waals surface area contributed by atoms with Gasteiger partial charge in [-0.25, -0.2) is 4.98 Å². The number of benzene rings is 2. The summed E-state index contributed by atoms with van der Waals surface area (Å²) >= 11 is 0. The minimum absolute atomic E-state index is 0.169. The first kappa shape index (κ1) is 18.5. The number of alkyl halides is 3. The predicted octanol–water partition coefficient (Wildman–Crippen LogP) is 3.67. The molecule has 1 aromatic heterocycles. The molecule has 1 aliphatic heterocycles. The van der Waals surface area contributed by atoms with E-state index >= 15 is 0 Å². The maximum atomic E-state index is 12.7. The smallest absolute Gasteiger partial charge is 0.366 e. The van der Waals surface area contributed by atoms with E-state index in [-0.39, 0.29) is 5.92 Å². The molecule has 3 N–H and O–H groups in total. The largest absolute Gasteiger partial charge is 0.416 e. The molecule has 1 saturated heterocycles. The Morgan fingerprint density at radius 1 is 1.21 bits per heavy atom. The minimum atomic E-state index is -4.32. The van der Waals surface area contributed by atoms with Gasteiger partial charge in [0.15, 0.2) is 0 Å². The zero-order chi connectivity index (χ0) is 19.9. The Kier molecular flexibility index (Phi) is 4.58. The van der Waals surface area contributed by atoms with E-state index < -0.39 is 17.6 Å². The van der Waals surface area contributed by atoms with E-state index in [9.17, 15) is 18.0 Å². The number of rotatable bonds is 4. The fraction of sp³-hybridized carbons (Fsp3) is 0.300. The number of nitrogens with one attached hydrogen (secondary N) is 1. The molecule has 5 nitrogen and oxygen atoms in total. The average Bonchev–Trinajstić information content (AvgIpc) is 3.27. The minimum Gasteiger partial charge on any atom is -0.366 e. The third-order valence-corrected chi connectivity index (χ3v) is 5.14. The maximum Gasteiger partial charge on any atom is 0.416 e. The Bertz CT molecular complexity index is 1010. The molecule has 2 heterocycles. The number of carbonyl (C=O) groups excluding carboxylic acids is 1. The summed E-state index contributed by atoms with van der Waals surface area (Å²) in [5, 5.41) is 0. The van der Waals surface area contributed by atoms with Crippen molar-refractivity contribution in [1.29, 1.82) is 0 Å². The molecule has 0 bridgehead atoms. The van der Waals surface area contributed by atoms with Crippen LogP contribution in [0.15, 0.2) is 42.5 Å². The number of aromatic amines is 1. The normalized spacial score (nSPS) is 18.0. The predicted molar refractivity (Wildman–Crippen MR) is 98.7 cm³/mol. The summed E-state index contributed by atoms with van der Waals surface area (Å²) in [6, 6.07) is 10.6. The van der Waals surface area contributed by atoms with Crippen LogP contribution in [0.2, 0.25) is 0 Å². The number of hydrogen-bond donors (Lipinski definition) is 2.